The maximum atomic E-state index is 10.8. The molecule has 1 aliphatic rings. The van der Waals surface area contributed by atoms with Gasteiger partial charge in [0.05, 0.1) is 6.04 Å². The minimum absolute atomic E-state index is 0.228. The number of rotatable bonds is 5. The summed E-state index contributed by atoms with van der Waals surface area (Å²) in [5.41, 5.74) is 1.06. The molecule has 0 radical (unpaired) electrons. The predicted octanol–water partition coefficient (Wildman–Crippen LogP) is 3.31. The Labute approximate surface area is 144 Å². The fourth-order valence-electron chi connectivity index (χ4n) is 2.69. The van der Waals surface area contributed by atoms with Crippen LogP contribution in [-0.2, 0) is 4.74 Å². The quantitative estimate of drug-likeness (QED) is 0.866. The molecule has 1 amide bonds. The first-order valence-corrected chi connectivity index (χ1v) is 8.70. The molecule has 3 rings (SSSR count). The molecule has 128 valence electrons. The van der Waals surface area contributed by atoms with Crippen LogP contribution < -0.4 is 10.1 Å². The van der Waals surface area contributed by atoms with Gasteiger partial charge in [-0.15, -0.1) is 11.3 Å². The Balaban J connectivity index is 1.58. The van der Waals surface area contributed by atoms with Crippen LogP contribution in [0.5, 0.6) is 5.75 Å². The van der Waals surface area contributed by atoms with Crippen molar-refractivity contribution >= 4 is 17.4 Å². The number of ether oxygens (including phenoxy) is 2. The van der Waals surface area contributed by atoms with Crippen LogP contribution in [0, 0.1) is 6.92 Å². The van der Waals surface area contributed by atoms with Crippen molar-refractivity contribution in [2.24, 2.45) is 0 Å². The summed E-state index contributed by atoms with van der Waals surface area (Å²) in [6, 6.07) is 7.52. The molecule has 7 heteroatoms. The van der Waals surface area contributed by atoms with E-state index in [1.165, 1.54) is 4.88 Å². The number of aromatic nitrogens is 1. The molecule has 6 nitrogen and oxygen atoms in total. The molecule has 1 aliphatic heterocycles. The first-order valence-electron chi connectivity index (χ1n) is 7.88. The van der Waals surface area contributed by atoms with E-state index < -0.39 is 6.09 Å². The third-order valence-electron chi connectivity index (χ3n) is 3.89. The van der Waals surface area contributed by atoms with E-state index in [1.807, 2.05) is 37.4 Å². The molecule has 2 heterocycles. The van der Waals surface area contributed by atoms with Gasteiger partial charge in [-0.2, -0.15) is 0 Å². The van der Waals surface area contributed by atoms with Crippen molar-refractivity contribution in [1.29, 1.82) is 0 Å². The Bertz CT molecular complexity index is 686. The van der Waals surface area contributed by atoms with Crippen LogP contribution >= 0.6 is 11.3 Å². The van der Waals surface area contributed by atoms with Crippen LogP contribution in [0.15, 0.2) is 30.5 Å². The maximum Gasteiger partial charge on any atom is 0.404 e. The number of thiazole rings is 1. The number of aryl methyl sites for hydroxylation is 1. The highest BCUT2D eigenvalue weighted by molar-refractivity contribution is 7.14. The summed E-state index contributed by atoms with van der Waals surface area (Å²) in [5, 5.41) is 12.4. The summed E-state index contributed by atoms with van der Waals surface area (Å²) < 4.78 is 11.4. The number of nitrogens with zero attached hydrogens (tertiary/aromatic N) is 1. The number of carboxylic acid groups (broad SMARTS) is 1. The van der Waals surface area contributed by atoms with Crippen molar-refractivity contribution in [3.8, 4) is 16.3 Å². The predicted molar refractivity (Wildman–Crippen MR) is 91.7 cm³/mol. The van der Waals surface area contributed by atoms with Crippen LogP contribution in [0.4, 0.5) is 4.79 Å². The fourth-order valence-corrected chi connectivity index (χ4v) is 3.46. The number of benzene rings is 1. The molecular weight excluding hydrogens is 328 g/mol. The Morgan fingerprint density at radius 3 is 2.92 bits per heavy atom. The zero-order chi connectivity index (χ0) is 16.9. The van der Waals surface area contributed by atoms with Crippen molar-refractivity contribution in [3.63, 3.8) is 0 Å². The van der Waals surface area contributed by atoms with E-state index in [-0.39, 0.29) is 12.1 Å². The second kappa shape index (κ2) is 7.63. The Kier molecular flexibility index (Phi) is 5.32. The van der Waals surface area contributed by atoms with Gasteiger partial charge in [0.1, 0.15) is 23.5 Å². The van der Waals surface area contributed by atoms with E-state index in [1.54, 1.807) is 11.3 Å². The summed E-state index contributed by atoms with van der Waals surface area (Å²) in [7, 11) is 0. The number of carbonyl (C=O) groups is 1. The van der Waals surface area contributed by atoms with Crippen molar-refractivity contribution in [1.82, 2.24) is 10.3 Å². The van der Waals surface area contributed by atoms with Gasteiger partial charge < -0.3 is 19.9 Å². The summed E-state index contributed by atoms with van der Waals surface area (Å²) in [4.78, 5) is 16.4. The number of nitrogens with one attached hydrogen (secondary N) is 1. The number of amides is 1. The van der Waals surface area contributed by atoms with Crippen LogP contribution in [0.25, 0.3) is 10.6 Å². The van der Waals surface area contributed by atoms with Gasteiger partial charge >= 0.3 is 6.09 Å². The second-order valence-corrected chi connectivity index (χ2v) is 6.95. The minimum atomic E-state index is -1.03. The van der Waals surface area contributed by atoms with E-state index in [9.17, 15) is 4.79 Å². The van der Waals surface area contributed by atoms with Crippen molar-refractivity contribution in [3.05, 3.63) is 35.3 Å². The first kappa shape index (κ1) is 16.7. The molecule has 0 saturated carbocycles. The highest BCUT2D eigenvalue weighted by Gasteiger charge is 2.28. The van der Waals surface area contributed by atoms with Crippen LogP contribution in [0.2, 0.25) is 0 Å². The van der Waals surface area contributed by atoms with Gasteiger partial charge in [-0.05, 0) is 44.0 Å². The SMILES string of the molecule is Cc1cnc(-c2ccc(OC[C@H]3OCCC[C@@H]3NC(=O)O)cc2)s1. The monoisotopic (exact) mass is 348 g/mol. The van der Waals surface area contributed by atoms with Crippen LogP contribution in [0.3, 0.4) is 0 Å². The lowest BCUT2D eigenvalue weighted by molar-refractivity contribution is -0.0318. The maximum absolute atomic E-state index is 10.8. The molecule has 1 saturated heterocycles. The number of hydrogen-bond donors (Lipinski definition) is 2. The standard InChI is InChI=1S/C17H20N2O4S/c1-11-9-18-16(24-11)12-4-6-13(7-5-12)23-10-15-14(19-17(20)21)3-2-8-22-15/h4-7,9,14-15,19H,2-3,8,10H2,1H3,(H,20,21)/t14-,15+/m0/s1. The first-order chi connectivity index (χ1) is 11.6. The third kappa shape index (κ3) is 4.24. The Hall–Kier alpha value is -2.12. The average molecular weight is 348 g/mol. The summed E-state index contributed by atoms with van der Waals surface area (Å²) in [5.74, 6) is 0.732. The highest BCUT2D eigenvalue weighted by Crippen LogP contribution is 2.26. The van der Waals surface area contributed by atoms with E-state index >= 15 is 0 Å². The normalized spacial score (nSPS) is 20.5. The lowest BCUT2D eigenvalue weighted by Gasteiger charge is -2.31. The zero-order valence-electron chi connectivity index (χ0n) is 13.4. The summed E-state index contributed by atoms with van der Waals surface area (Å²) in [6.45, 7) is 2.99. The molecule has 24 heavy (non-hydrogen) atoms. The smallest absolute Gasteiger partial charge is 0.404 e. The van der Waals surface area contributed by atoms with Gasteiger partial charge in [0.15, 0.2) is 0 Å². The largest absolute Gasteiger partial charge is 0.491 e. The second-order valence-electron chi connectivity index (χ2n) is 5.72. The topological polar surface area (TPSA) is 80.7 Å². The van der Waals surface area contributed by atoms with E-state index in [0.29, 0.717) is 13.2 Å². The van der Waals surface area contributed by atoms with E-state index in [4.69, 9.17) is 14.6 Å². The fraction of sp³-hybridized carbons (Fsp3) is 0.412. The molecule has 1 fully saturated rings. The van der Waals surface area contributed by atoms with Gasteiger partial charge in [0.25, 0.3) is 0 Å². The van der Waals surface area contributed by atoms with Crippen molar-refractivity contribution in [2.45, 2.75) is 31.9 Å². The molecular formula is C17H20N2O4S. The molecule has 0 aliphatic carbocycles. The Morgan fingerprint density at radius 1 is 1.46 bits per heavy atom. The molecule has 1 aromatic heterocycles. The van der Waals surface area contributed by atoms with E-state index in [2.05, 4.69) is 10.3 Å². The molecule has 2 N–H and O–H groups in total. The average Bonchev–Trinajstić information content (AvgIpc) is 3.00. The summed E-state index contributed by atoms with van der Waals surface area (Å²) >= 11 is 1.65. The van der Waals surface area contributed by atoms with Crippen molar-refractivity contribution in [2.75, 3.05) is 13.2 Å². The highest BCUT2D eigenvalue weighted by atomic mass is 32.1. The number of hydrogen-bond acceptors (Lipinski definition) is 5. The van der Waals surface area contributed by atoms with Gasteiger partial charge in [0, 0.05) is 23.2 Å². The van der Waals surface area contributed by atoms with Gasteiger partial charge in [-0.25, -0.2) is 9.78 Å². The van der Waals surface area contributed by atoms with E-state index in [0.717, 1.165) is 29.2 Å². The molecule has 0 spiro atoms. The van der Waals surface area contributed by atoms with Crippen LogP contribution in [-0.4, -0.2) is 41.5 Å². The minimum Gasteiger partial charge on any atom is -0.491 e. The molecule has 2 atom stereocenters. The summed E-state index contributed by atoms with van der Waals surface area (Å²) in [6.07, 6.45) is 2.18. The molecule has 0 bridgehead atoms. The van der Waals surface area contributed by atoms with Crippen LogP contribution in [0.1, 0.15) is 17.7 Å². The van der Waals surface area contributed by atoms with Crippen molar-refractivity contribution < 1.29 is 19.4 Å². The molecule has 0 unspecified atom stereocenters. The molecule has 2 aromatic rings. The Morgan fingerprint density at radius 2 is 2.25 bits per heavy atom. The lowest BCUT2D eigenvalue weighted by Crippen LogP contribution is -2.49. The van der Waals surface area contributed by atoms with Gasteiger partial charge in [0.2, 0.25) is 0 Å². The third-order valence-corrected chi connectivity index (χ3v) is 4.85. The lowest BCUT2D eigenvalue weighted by atomic mass is 10.0. The zero-order valence-corrected chi connectivity index (χ0v) is 14.2. The molecule has 1 aromatic carbocycles. The van der Waals surface area contributed by atoms with Gasteiger partial charge in [-0.1, -0.05) is 0 Å². The van der Waals surface area contributed by atoms with Gasteiger partial charge in [-0.3, -0.25) is 0 Å².